The normalized spacial score (nSPS) is 13.4. The average molecular weight is 260 g/mol. The van der Waals surface area contributed by atoms with Gasteiger partial charge in [-0.1, -0.05) is 20.3 Å². The standard InChI is InChI=1S/C7H9.C4H4N.Ru/c1-6-3-4-7(2)5-6;1-2-4-5-3-1;/h3H,4H2,1-2H3;1-3,5H;/q2*-1;+2. The molecule has 0 aliphatic heterocycles. The summed E-state index contributed by atoms with van der Waals surface area (Å²) in [6.45, 7) is 4.18. The first-order valence-corrected chi connectivity index (χ1v) is 4.04. The molecule has 0 saturated carbocycles. The van der Waals surface area contributed by atoms with Crippen LogP contribution in [0, 0.1) is 12.3 Å². The van der Waals surface area contributed by atoms with Crippen molar-refractivity contribution in [2.24, 2.45) is 0 Å². The monoisotopic (exact) mass is 261 g/mol. The number of nitrogens with one attached hydrogen (secondary N) is 1. The van der Waals surface area contributed by atoms with Crippen LogP contribution < -0.4 is 0 Å². The molecule has 0 spiro atoms. The maximum Gasteiger partial charge on any atom is 2.00 e. The van der Waals surface area contributed by atoms with Gasteiger partial charge in [-0.15, -0.1) is 6.20 Å². The van der Waals surface area contributed by atoms with E-state index in [1.807, 2.05) is 18.3 Å². The van der Waals surface area contributed by atoms with Gasteiger partial charge in [-0.25, -0.2) is 11.6 Å². The van der Waals surface area contributed by atoms with Crippen molar-refractivity contribution in [3.8, 4) is 0 Å². The van der Waals surface area contributed by atoms with E-state index in [1.54, 1.807) is 0 Å². The van der Waals surface area contributed by atoms with E-state index >= 15 is 0 Å². The van der Waals surface area contributed by atoms with Gasteiger partial charge >= 0.3 is 19.5 Å². The fraction of sp³-hybridized carbons (Fsp3) is 0.273. The molecule has 0 fully saturated rings. The van der Waals surface area contributed by atoms with Crippen molar-refractivity contribution in [2.75, 3.05) is 0 Å². The molecule has 2 rings (SSSR count). The Bertz CT molecular complexity index is 253. The maximum absolute atomic E-state index is 3.19. The number of aromatic nitrogens is 1. The van der Waals surface area contributed by atoms with Gasteiger partial charge in [-0.2, -0.15) is 23.9 Å². The minimum atomic E-state index is 0. The molecule has 1 nitrogen and oxygen atoms in total. The van der Waals surface area contributed by atoms with Crippen LogP contribution in [0.3, 0.4) is 0 Å². The Morgan fingerprint density at radius 2 is 2.15 bits per heavy atom. The second-order valence-electron chi connectivity index (χ2n) is 2.81. The molecule has 0 bridgehead atoms. The predicted molar refractivity (Wildman–Crippen MR) is 50.4 cm³/mol. The minimum absolute atomic E-state index is 0. The number of rotatable bonds is 0. The summed E-state index contributed by atoms with van der Waals surface area (Å²) in [6.07, 6.45) is 11.1. The smallest absolute Gasteiger partial charge is 0.484 e. The SMILES string of the molecule is CC1=[C-]C(C)=CC1.[Ru+2].[c-]1ccc[nH]1. The summed E-state index contributed by atoms with van der Waals surface area (Å²) in [7, 11) is 0. The van der Waals surface area contributed by atoms with E-state index in [-0.39, 0.29) is 19.5 Å². The van der Waals surface area contributed by atoms with E-state index in [0.717, 1.165) is 6.42 Å². The Kier molecular flexibility index (Phi) is 6.53. The number of allylic oxidation sites excluding steroid dienone is 4. The number of hydrogen-bond acceptors (Lipinski definition) is 0. The number of hydrogen-bond donors (Lipinski definition) is 1. The predicted octanol–water partition coefficient (Wildman–Crippen LogP) is 2.90. The van der Waals surface area contributed by atoms with Crippen LogP contribution in [0.2, 0.25) is 0 Å². The summed E-state index contributed by atoms with van der Waals surface area (Å²) in [6, 6.07) is 3.71. The van der Waals surface area contributed by atoms with Crippen molar-refractivity contribution in [3.05, 3.63) is 47.8 Å². The van der Waals surface area contributed by atoms with Crippen LogP contribution >= 0.6 is 0 Å². The minimum Gasteiger partial charge on any atom is -0.484 e. The van der Waals surface area contributed by atoms with Gasteiger partial charge in [0.2, 0.25) is 0 Å². The van der Waals surface area contributed by atoms with Gasteiger partial charge in [-0.3, -0.25) is 6.08 Å². The van der Waals surface area contributed by atoms with Gasteiger partial charge in [0.25, 0.3) is 0 Å². The van der Waals surface area contributed by atoms with Crippen LogP contribution in [-0.2, 0) is 19.5 Å². The largest absolute Gasteiger partial charge is 2.00 e. The van der Waals surface area contributed by atoms with Crippen LogP contribution in [0.1, 0.15) is 20.3 Å². The second-order valence-corrected chi connectivity index (χ2v) is 2.81. The summed E-state index contributed by atoms with van der Waals surface area (Å²) in [5.41, 5.74) is 2.65. The van der Waals surface area contributed by atoms with Gasteiger partial charge in [0.05, 0.1) is 0 Å². The van der Waals surface area contributed by atoms with Crippen LogP contribution in [0.15, 0.2) is 35.6 Å². The molecule has 1 aliphatic carbocycles. The molecule has 70 valence electrons. The molecule has 1 aliphatic rings. The fourth-order valence-corrected chi connectivity index (χ4v) is 0.985. The molecule has 1 N–H and O–H groups in total. The van der Waals surface area contributed by atoms with Crippen molar-refractivity contribution in [1.29, 1.82) is 0 Å². The Hall–Kier alpha value is -0.617. The summed E-state index contributed by atoms with van der Waals surface area (Å²) in [5, 5.41) is 0. The van der Waals surface area contributed by atoms with Crippen LogP contribution in [0.5, 0.6) is 0 Å². The summed E-state index contributed by atoms with van der Waals surface area (Å²) < 4.78 is 0. The topological polar surface area (TPSA) is 15.8 Å². The fourth-order valence-electron chi connectivity index (χ4n) is 0.985. The molecule has 2 heteroatoms. The van der Waals surface area contributed by atoms with Gasteiger partial charge < -0.3 is 4.98 Å². The Labute approximate surface area is 92.7 Å². The third kappa shape index (κ3) is 5.60. The van der Waals surface area contributed by atoms with Gasteiger partial charge in [0.15, 0.2) is 0 Å². The van der Waals surface area contributed by atoms with Crippen molar-refractivity contribution in [3.63, 3.8) is 0 Å². The Balaban J connectivity index is 0.000000215. The summed E-state index contributed by atoms with van der Waals surface area (Å²) in [4.78, 5) is 2.74. The molecule has 1 heterocycles. The van der Waals surface area contributed by atoms with Gasteiger partial charge in [-0.05, 0) is 0 Å². The Morgan fingerprint density at radius 1 is 1.38 bits per heavy atom. The van der Waals surface area contributed by atoms with Crippen LogP contribution in [-0.4, -0.2) is 4.98 Å². The van der Waals surface area contributed by atoms with E-state index in [0.29, 0.717) is 0 Å². The first-order chi connectivity index (χ1) is 5.79. The van der Waals surface area contributed by atoms with E-state index in [2.05, 4.69) is 37.2 Å². The van der Waals surface area contributed by atoms with Crippen molar-refractivity contribution >= 4 is 0 Å². The molecular weight excluding hydrogens is 247 g/mol. The summed E-state index contributed by atoms with van der Waals surface area (Å²) in [5.74, 6) is 0. The zero-order valence-corrected chi connectivity index (χ0v) is 9.61. The first-order valence-electron chi connectivity index (χ1n) is 4.04. The molecule has 13 heavy (non-hydrogen) atoms. The number of H-pyrrole nitrogens is 1. The van der Waals surface area contributed by atoms with E-state index < -0.39 is 0 Å². The van der Waals surface area contributed by atoms with Gasteiger partial charge in [0.1, 0.15) is 0 Å². The zero-order chi connectivity index (χ0) is 8.81. The van der Waals surface area contributed by atoms with E-state index in [9.17, 15) is 0 Å². The molecule has 0 radical (unpaired) electrons. The third-order valence-corrected chi connectivity index (χ3v) is 1.57. The molecule has 0 atom stereocenters. The molecular formula is C11H13NRu. The quantitative estimate of drug-likeness (QED) is 0.545. The maximum atomic E-state index is 3.19. The molecule has 0 aromatic carbocycles. The Morgan fingerprint density at radius 3 is 2.31 bits per heavy atom. The van der Waals surface area contributed by atoms with Crippen molar-refractivity contribution < 1.29 is 19.5 Å². The van der Waals surface area contributed by atoms with Gasteiger partial charge in [0, 0.05) is 0 Å². The van der Waals surface area contributed by atoms with Crippen molar-refractivity contribution in [1.82, 2.24) is 4.98 Å². The van der Waals surface area contributed by atoms with E-state index in [1.165, 1.54) is 11.1 Å². The van der Waals surface area contributed by atoms with Crippen LogP contribution in [0.4, 0.5) is 0 Å². The molecule has 0 unspecified atom stereocenters. The molecule has 1 aromatic heterocycles. The first kappa shape index (κ1) is 12.4. The number of aromatic amines is 1. The average Bonchev–Trinajstić information content (AvgIpc) is 2.63. The van der Waals surface area contributed by atoms with Crippen molar-refractivity contribution in [2.45, 2.75) is 20.3 Å². The molecule has 0 amide bonds. The van der Waals surface area contributed by atoms with Crippen LogP contribution in [0.25, 0.3) is 0 Å². The summed E-state index contributed by atoms with van der Waals surface area (Å²) >= 11 is 0. The van der Waals surface area contributed by atoms with E-state index in [4.69, 9.17) is 0 Å². The molecule has 0 saturated heterocycles. The third-order valence-electron chi connectivity index (χ3n) is 1.57. The molecule has 1 aromatic rings. The zero-order valence-electron chi connectivity index (χ0n) is 7.87. The second kappa shape index (κ2) is 6.85.